The maximum Gasteiger partial charge on any atom is 0.356 e. The van der Waals surface area contributed by atoms with Crippen LogP contribution in [0.25, 0.3) is 0 Å². The molecule has 1 aromatic rings. The van der Waals surface area contributed by atoms with Gasteiger partial charge in [0, 0.05) is 16.8 Å². The number of carbonyl (C=O) groups is 3. The molecule has 0 aliphatic carbocycles. The highest BCUT2D eigenvalue weighted by Crippen LogP contribution is 2.37. The van der Waals surface area contributed by atoms with E-state index in [1.165, 1.54) is 26.0 Å². The van der Waals surface area contributed by atoms with E-state index < -0.39 is 23.5 Å². The average molecular weight is 389 g/mol. The Kier molecular flexibility index (Phi) is 7.35. The van der Waals surface area contributed by atoms with Gasteiger partial charge in [-0.05, 0) is 31.5 Å². The number of halogens is 2. The molecule has 0 amide bonds. The number of ether oxygens (including phenoxy) is 2. The van der Waals surface area contributed by atoms with Crippen molar-refractivity contribution in [3.05, 3.63) is 34.3 Å². The predicted molar refractivity (Wildman–Crippen MR) is 84.7 cm³/mol. The third-order valence-electron chi connectivity index (χ3n) is 3.23. The van der Waals surface area contributed by atoms with Gasteiger partial charge < -0.3 is 14.3 Å². The van der Waals surface area contributed by atoms with E-state index in [9.17, 15) is 14.4 Å². The van der Waals surface area contributed by atoms with Crippen molar-refractivity contribution < 1.29 is 28.2 Å². The second-order valence-electron chi connectivity index (χ2n) is 4.66. The smallest absolute Gasteiger partial charge is 0.356 e. The Bertz CT molecular complexity index is 540. The van der Waals surface area contributed by atoms with Gasteiger partial charge in [0.2, 0.25) is 0 Å². The summed E-state index contributed by atoms with van der Waals surface area (Å²) in [7, 11) is 0. The summed E-state index contributed by atoms with van der Waals surface area (Å²) in [5.41, 5.74) is -2.76. The van der Waals surface area contributed by atoms with Gasteiger partial charge in [-0.25, -0.2) is 14.0 Å². The molecule has 0 radical (unpaired) electrons. The molecule has 1 atom stereocenters. The van der Waals surface area contributed by atoms with Crippen molar-refractivity contribution in [2.24, 2.45) is 0 Å². The summed E-state index contributed by atoms with van der Waals surface area (Å²) < 4.78 is 25.6. The Labute approximate surface area is 142 Å². The van der Waals surface area contributed by atoms with E-state index in [2.05, 4.69) is 15.9 Å². The van der Waals surface area contributed by atoms with Crippen LogP contribution < -0.4 is 0 Å². The summed E-state index contributed by atoms with van der Waals surface area (Å²) in [6, 6.07) is 6.32. The molecule has 0 unspecified atom stereocenters. The van der Waals surface area contributed by atoms with Gasteiger partial charge in [-0.3, -0.25) is 0 Å². The summed E-state index contributed by atoms with van der Waals surface area (Å²) in [5, 5.41) is 0. The minimum absolute atomic E-state index is 0.0992. The lowest BCUT2D eigenvalue weighted by molar-refractivity contribution is -0.176. The van der Waals surface area contributed by atoms with Crippen LogP contribution in [-0.2, 0) is 23.9 Å². The van der Waals surface area contributed by atoms with E-state index in [4.69, 9.17) is 9.47 Å². The zero-order valence-electron chi connectivity index (χ0n) is 12.9. The zero-order chi connectivity index (χ0) is 17.5. The number of aldehydes is 1. The van der Waals surface area contributed by atoms with Gasteiger partial charge in [-0.1, -0.05) is 28.1 Å². The van der Waals surface area contributed by atoms with Crippen molar-refractivity contribution in [2.75, 3.05) is 13.2 Å². The summed E-state index contributed by atoms with van der Waals surface area (Å²) in [5.74, 6) is -4.03. The average Bonchev–Trinajstić information content (AvgIpc) is 2.53. The van der Waals surface area contributed by atoms with E-state index in [-0.39, 0.29) is 19.6 Å². The van der Waals surface area contributed by atoms with Gasteiger partial charge in [0.1, 0.15) is 6.29 Å². The lowest BCUT2D eigenvalue weighted by Gasteiger charge is -2.29. The number of carbonyl (C=O) groups excluding carboxylic acids is 3. The van der Waals surface area contributed by atoms with Crippen LogP contribution in [0.15, 0.2) is 28.7 Å². The molecule has 0 saturated carbocycles. The fourth-order valence-electron chi connectivity index (χ4n) is 2.16. The molecule has 0 spiro atoms. The van der Waals surface area contributed by atoms with Crippen LogP contribution in [-0.4, -0.2) is 37.1 Å². The minimum Gasteiger partial charge on any atom is -0.463 e. The molecule has 5 nitrogen and oxygen atoms in total. The highest BCUT2D eigenvalue weighted by molar-refractivity contribution is 9.10. The molecule has 0 N–H and O–H groups in total. The molecule has 0 aromatic heterocycles. The fourth-order valence-corrected chi connectivity index (χ4v) is 2.42. The summed E-state index contributed by atoms with van der Waals surface area (Å²) in [4.78, 5) is 35.2. The standard InChI is InChI=1S/C16H18BrFO5/c1-3-22-14(20)16(18,15(21)23-4-2)13(9-10-19)11-5-7-12(17)8-6-11/h5-8,10,13H,3-4,9H2,1-2H3/t13-/m0/s1. The summed E-state index contributed by atoms with van der Waals surface area (Å²) in [6.07, 6.45) is 0.0925. The van der Waals surface area contributed by atoms with Crippen LogP contribution in [0.3, 0.4) is 0 Å². The Morgan fingerprint density at radius 1 is 1.17 bits per heavy atom. The Morgan fingerprint density at radius 2 is 1.65 bits per heavy atom. The topological polar surface area (TPSA) is 69.7 Å². The summed E-state index contributed by atoms with van der Waals surface area (Å²) in [6.45, 7) is 2.80. The van der Waals surface area contributed by atoms with Crippen LogP contribution in [0.4, 0.5) is 4.39 Å². The highest BCUT2D eigenvalue weighted by atomic mass is 79.9. The number of benzene rings is 1. The molecule has 126 valence electrons. The first-order chi connectivity index (χ1) is 10.9. The van der Waals surface area contributed by atoms with Crippen molar-refractivity contribution in [1.82, 2.24) is 0 Å². The van der Waals surface area contributed by atoms with Crippen LogP contribution in [0.5, 0.6) is 0 Å². The lowest BCUT2D eigenvalue weighted by atomic mass is 9.81. The van der Waals surface area contributed by atoms with Gasteiger partial charge in [0.05, 0.1) is 13.2 Å². The van der Waals surface area contributed by atoms with E-state index >= 15 is 4.39 Å². The van der Waals surface area contributed by atoms with Gasteiger partial charge in [0.15, 0.2) is 0 Å². The zero-order valence-corrected chi connectivity index (χ0v) is 14.5. The van der Waals surface area contributed by atoms with Gasteiger partial charge in [-0.2, -0.15) is 0 Å². The quantitative estimate of drug-likeness (QED) is 0.389. The Balaban J connectivity index is 3.37. The molecule has 23 heavy (non-hydrogen) atoms. The van der Waals surface area contributed by atoms with Gasteiger partial charge >= 0.3 is 17.6 Å². The molecular formula is C16H18BrFO5. The molecule has 0 heterocycles. The first-order valence-electron chi connectivity index (χ1n) is 7.14. The number of rotatable bonds is 8. The third-order valence-corrected chi connectivity index (χ3v) is 3.76. The molecule has 0 aliphatic rings. The molecule has 1 rings (SSSR count). The monoisotopic (exact) mass is 388 g/mol. The van der Waals surface area contributed by atoms with Crippen LogP contribution >= 0.6 is 15.9 Å². The lowest BCUT2D eigenvalue weighted by Crippen LogP contribution is -2.50. The second-order valence-corrected chi connectivity index (χ2v) is 5.57. The van der Waals surface area contributed by atoms with E-state index in [1.54, 1.807) is 12.1 Å². The number of esters is 2. The molecular weight excluding hydrogens is 371 g/mol. The van der Waals surface area contributed by atoms with Crippen molar-refractivity contribution in [3.8, 4) is 0 Å². The third kappa shape index (κ3) is 4.37. The largest absolute Gasteiger partial charge is 0.463 e. The Morgan fingerprint density at radius 3 is 2.04 bits per heavy atom. The molecule has 0 fully saturated rings. The van der Waals surface area contributed by atoms with Crippen molar-refractivity contribution in [2.45, 2.75) is 31.9 Å². The van der Waals surface area contributed by atoms with E-state index in [0.29, 0.717) is 11.8 Å². The van der Waals surface area contributed by atoms with Crippen LogP contribution in [0, 0.1) is 0 Å². The normalized spacial score (nSPS) is 12.3. The molecule has 1 aromatic carbocycles. The second kappa shape index (κ2) is 8.76. The highest BCUT2D eigenvalue weighted by Gasteiger charge is 2.56. The first kappa shape index (κ1) is 19.3. The molecule has 0 aliphatic heterocycles. The molecule has 0 saturated heterocycles. The van der Waals surface area contributed by atoms with Gasteiger partial charge in [0.25, 0.3) is 0 Å². The first-order valence-corrected chi connectivity index (χ1v) is 7.93. The summed E-state index contributed by atoms with van der Waals surface area (Å²) >= 11 is 3.25. The SMILES string of the molecule is CCOC(=O)C(F)(C(=O)OCC)[C@@H](CC=O)c1ccc(Br)cc1. The van der Waals surface area contributed by atoms with Crippen molar-refractivity contribution in [3.63, 3.8) is 0 Å². The van der Waals surface area contributed by atoms with Crippen molar-refractivity contribution in [1.29, 1.82) is 0 Å². The molecule has 7 heteroatoms. The predicted octanol–water partition coefficient (Wildman–Crippen LogP) is 2.96. The Hall–Kier alpha value is -1.76. The number of hydrogen-bond donors (Lipinski definition) is 0. The van der Waals surface area contributed by atoms with Gasteiger partial charge in [-0.15, -0.1) is 0 Å². The van der Waals surface area contributed by atoms with Crippen LogP contribution in [0.2, 0.25) is 0 Å². The van der Waals surface area contributed by atoms with Crippen LogP contribution in [0.1, 0.15) is 31.7 Å². The minimum atomic E-state index is -3.08. The fraction of sp³-hybridized carbons (Fsp3) is 0.438. The number of alkyl halides is 1. The molecule has 0 bridgehead atoms. The van der Waals surface area contributed by atoms with E-state index in [0.717, 1.165) is 4.47 Å². The number of hydrogen-bond acceptors (Lipinski definition) is 5. The maximum absolute atomic E-state index is 15.5. The van der Waals surface area contributed by atoms with E-state index in [1.807, 2.05) is 0 Å². The van der Waals surface area contributed by atoms with Crippen molar-refractivity contribution >= 4 is 34.2 Å². The maximum atomic E-state index is 15.5.